The number of nitrogens with zero attached hydrogens (tertiary/aromatic N) is 1. The Balaban J connectivity index is 2.30. The van der Waals surface area contributed by atoms with Crippen molar-refractivity contribution in [3.63, 3.8) is 0 Å². The maximum absolute atomic E-state index is 6.28. The van der Waals surface area contributed by atoms with Crippen molar-refractivity contribution < 1.29 is 8.92 Å². The van der Waals surface area contributed by atoms with Crippen molar-refractivity contribution in [2.75, 3.05) is 32.6 Å². The van der Waals surface area contributed by atoms with Crippen LogP contribution in [0.1, 0.15) is 18.9 Å². The molecule has 1 aromatic carbocycles. The normalized spacial score (nSPS) is 21.7. The summed E-state index contributed by atoms with van der Waals surface area (Å²) in [4.78, 5) is 2.08. The Morgan fingerprint density at radius 2 is 1.91 bits per heavy atom. The Morgan fingerprint density at radius 1 is 1.30 bits per heavy atom. The van der Waals surface area contributed by atoms with Crippen LogP contribution in [-0.4, -0.2) is 37.5 Å². The zero-order valence-electron chi connectivity index (χ0n) is 14.9. The number of allylic oxidation sites excluding steroid dienone is 1. The molecule has 23 heavy (non-hydrogen) atoms. The molecule has 2 unspecified atom stereocenters. The summed E-state index contributed by atoms with van der Waals surface area (Å²) >= 11 is 0. The first kappa shape index (κ1) is 18.0. The van der Waals surface area contributed by atoms with Crippen molar-refractivity contribution in [3.8, 4) is 0 Å². The first-order chi connectivity index (χ1) is 10.8. The maximum atomic E-state index is 6.28. The second kappa shape index (κ2) is 7.45. The summed E-state index contributed by atoms with van der Waals surface area (Å²) in [7, 11) is 0.572. The van der Waals surface area contributed by atoms with Crippen molar-refractivity contribution >= 4 is 16.1 Å². The van der Waals surface area contributed by atoms with Gasteiger partial charge in [0.2, 0.25) is 0 Å². The average Bonchev–Trinajstić information content (AvgIpc) is 3.22. The van der Waals surface area contributed by atoms with Crippen LogP contribution in [0.5, 0.6) is 0 Å². The lowest BCUT2D eigenvalue weighted by molar-refractivity contribution is 0.112. The van der Waals surface area contributed by atoms with E-state index in [9.17, 15) is 0 Å². The molecule has 1 fully saturated rings. The standard InChI is InChI=1S/C19H29NO2S/c1-15-12-18(15)16(2)20(14-21-3)13-19(22-23(4,5)6)17-10-8-7-9-11-17/h7-11,13,15,18H,2,12,14H2,1,3-6H3/b19-13+. The van der Waals surface area contributed by atoms with E-state index in [1.54, 1.807) is 7.11 Å². The molecule has 2 atom stereocenters. The quantitative estimate of drug-likeness (QED) is 0.508. The van der Waals surface area contributed by atoms with Gasteiger partial charge in [-0.1, -0.05) is 43.8 Å². The van der Waals surface area contributed by atoms with Gasteiger partial charge in [0.1, 0.15) is 6.73 Å². The summed E-state index contributed by atoms with van der Waals surface area (Å²) in [6.45, 7) is 7.03. The summed E-state index contributed by atoms with van der Waals surface area (Å²) in [5.74, 6) is 2.14. The molecule has 1 aliphatic carbocycles. The number of benzene rings is 1. The van der Waals surface area contributed by atoms with Crippen LogP contribution >= 0.6 is 10.3 Å². The molecular weight excluding hydrogens is 306 g/mol. The monoisotopic (exact) mass is 335 g/mol. The van der Waals surface area contributed by atoms with Crippen LogP contribution in [0.4, 0.5) is 0 Å². The Labute approximate surface area is 142 Å². The highest BCUT2D eigenvalue weighted by Crippen LogP contribution is 2.45. The van der Waals surface area contributed by atoms with Crippen LogP contribution in [0.25, 0.3) is 5.76 Å². The molecule has 0 bridgehead atoms. The fraction of sp³-hybridized carbons (Fsp3) is 0.474. The molecule has 0 aromatic heterocycles. The van der Waals surface area contributed by atoms with Gasteiger partial charge in [-0.15, -0.1) is 10.3 Å². The average molecular weight is 336 g/mol. The van der Waals surface area contributed by atoms with Crippen LogP contribution in [0, 0.1) is 11.8 Å². The van der Waals surface area contributed by atoms with Gasteiger partial charge in [-0.25, -0.2) is 0 Å². The molecule has 3 nitrogen and oxygen atoms in total. The Kier molecular flexibility index (Phi) is 5.82. The van der Waals surface area contributed by atoms with E-state index in [0.717, 1.165) is 17.0 Å². The largest absolute Gasteiger partial charge is 0.448 e. The van der Waals surface area contributed by atoms with Crippen molar-refractivity contribution in [2.45, 2.75) is 13.3 Å². The van der Waals surface area contributed by atoms with E-state index >= 15 is 0 Å². The van der Waals surface area contributed by atoms with E-state index in [2.05, 4.69) is 49.3 Å². The molecule has 1 aromatic rings. The zero-order valence-corrected chi connectivity index (χ0v) is 15.7. The third-order valence-electron chi connectivity index (χ3n) is 3.85. The number of rotatable bonds is 8. The Hall–Kier alpha value is -1.39. The SMILES string of the molecule is C=C(C1CC1C)N(/C=C(/OS(C)(C)C)c1ccccc1)COC. The second-order valence-electron chi connectivity index (χ2n) is 6.87. The fourth-order valence-electron chi connectivity index (χ4n) is 2.50. The van der Waals surface area contributed by atoms with Gasteiger partial charge >= 0.3 is 0 Å². The third kappa shape index (κ3) is 5.33. The van der Waals surface area contributed by atoms with Crippen LogP contribution in [0.3, 0.4) is 0 Å². The minimum atomic E-state index is -1.14. The number of ether oxygens (including phenoxy) is 1. The summed E-state index contributed by atoms with van der Waals surface area (Å²) in [5.41, 5.74) is 2.19. The lowest BCUT2D eigenvalue weighted by Crippen LogP contribution is -2.21. The lowest BCUT2D eigenvalue weighted by Gasteiger charge is -2.30. The van der Waals surface area contributed by atoms with Crippen molar-refractivity contribution in [2.24, 2.45) is 11.8 Å². The Bertz CT molecular complexity index is 562. The molecule has 0 heterocycles. The molecule has 0 N–H and O–H groups in total. The van der Waals surface area contributed by atoms with E-state index < -0.39 is 10.3 Å². The van der Waals surface area contributed by atoms with Gasteiger partial charge in [0.05, 0.1) is 6.20 Å². The third-order valence-corrected chi connectivity index (χ3v) is 4.53. The van der Waals surface area contributed by atoms with Gasteiger partial charge in [-0.05, 0) is 31.1 Å². The van der Waals surface area contributed by atoms with E-state index in [0.29, 0.717) is 18.6 Å². The van der Waals surface area contributed by atoms with Crippen LogP contribution < -0.4 is 0 Å². The first-order valence-corrected chi connectivity index (χ1v) is 10.7. The molecule has 1 aliphatic rings. The maximum Gasteiger partial charge on any atom is 0.158 e. The van der Waals surface area contributed by atoms with E-state index in [4.69, 9.17) is 8.92 Å². The highest BCUT2D eigenvalue weighted by Gasteiger charge is 2.37. The molecule has 0 radical (unpaired) electrons. The van der Waals surface area contributed by atoms with Gasteiger partial charge in [-0.3, -0.25) is 0 Å². The lowest BCUT2D eigenvalue weighted by atomic mass is 10.2. The highest BCUT2D eigenvalue weighted by molar-refractivity contribution is 8.28. The van der Waals surface area contributed by atoms with Crippen molar-refractivity contribution in [1.82, 2.24) is 4.90 Å². The highest BCUT2D eigenvalue weighted by atomic mass is 32.3. The molecule has 0 saturated heterocycles. The van der Waals surface area contributed by atoms with Crippen LogP contribution in [-0.2, 0) is 8.92 Å². The number of methoxy groups -OCH3 is 1. The Morgan fingerprint density at radius 3 is 2.39 bits per heavy atom. The first-order valence-electron chi connectivity index (χ1n) is 7.91. The molecule has 0 aliphatic heterocycles. The van der Waals surface area contributed by atoms with Gasteiger partial charge in [-0.2, -0.15) is 0 Å². The second-order valence-corrected chi connectivity index (χ2v) is 10.5. The van der Waals surface area contributed by atoms with Crippen molar-refractivity contribution in [1.29, 1.82) is 0 Å². The van der Waals surface area contributed by atoms with Gasteiger partial charge in [0.25, 0.3) is 0 Å². The van der Waals surface area contributed by atoms with E-state index in [1.165, 1.54) is 6.42 Å². The van der Waals surface area contributed by atoms with Gasteiger partial charge < -0.3 is 13.8 Å². The number of hydrogen-bond acceptors (Lipinski definition) is 3. The fourth-order valence-corrected chi connectivity index (χ4v) is 3.18. The topological polar surface area (TPSA) is 21.7 Å². The van der Waals surface area contributed by atoms with Gasteiger partial charge in [0, 0.05) is 24.3 Å². The zero-order chi connectivity index (χ0) is 17.0. The summed E-state index contributed by atoms with van der Waals surface area (Å²) in [6, 6.07) is 10.2. The van der Waals surface area contributed by atoms with Crippen molar-refractivity contribution in [3.05, 3.63) is 54.4 Å². The predicted molar refractivity (Wildman–Crippen MR) is 101 cm³/mol. The van der Waals surface area contributed by atoms with E-state index in [1.807, 2.05) is 24.4 Å². The molecule has 0 amide bonds. The molecule has 128 valence electrons. The minimum Gasteiger partial charge on any atom is -0.448 e. The van der Waals surface area contributed by atoms with Crippen LogP contribution in [0.15, 0.2) is 48.8 Å². The minimum absolute atomic E-state index is 0.487. The predicted octanol–water partition coefficient (Wildman–Crippen LogP) is 4.69. The summed E-state index contributed by atoms with van der Waals surface area (Å²) in [5, 5.41) is 0. The molecule has 1 saturated carbocycles. The molecule has 0 spiro atoms. The molecule has 4 heteroatoms. The smallest absolute Gasteiger partial charge is 0.158 e. The summed E-state index contributed by atoms with van der Waals surface area (Å²) < 4.78 is 11.7. The molecular formula is C19H29NO2S. The summed E-state index contributed by atoms with van der Waals surface area (Å²) in [6.07, 6.45) is 9.68. The van der Waals surface area contributed by atoms with Gasteiger partial charge in [0.15, 0.2) is 5.76 Å². The van der Waals surface area contributed by atoms with E-state index in [-0.39, 0.29) is 0 Å². The molecule has 2 rings (SSSR count). The van der Waals surface area contributed by atoms with Crippen LogP contribution in [0.2, 0.25) is 0 Å². The number of hydrogen-bond donors (Lipinski definition) is 0.